The number of morpholine rings is 1. The Hall–Kier alpha value is -2.09. The number of rotatable bonds is 5. The van der Waals surface area contributed by atoms with Gasteiger partial charge in [0.1, 0.15) is 0 Å². The first kappa shape index (κ1) is 17.7. The van der Waals surface area contributed by atoms with Crippen molar-refractivity contribution in [3.63, 3.8) is 0 Å². The number of ether oxygens (including phenoxy) is 3. The average molecular weight is 363 g/mol. The molecule has 0 spiro atoms. The van der Waals surface area contributed by atoms with E-state index < -0.39 is 10.0 Å². The zero-order chi connectivity index (χ0) is 17.9. The molecule has 0 saturated carbocycles. The molecule has 1 saturated heterocycles. The van der Waals surface area contributed by atoms with Crippen LogP contribution in [0.25, 0.3) is 0 Å². The minimum absolute atomic E-state index is 0.180. The second kappa shape index (κ2) is 7.43. The fourth-order valence-electron chi connectivity index (χ4n) is 2.84. The summed E-state index contributed by atoms with van der Waals surface area (Å²) < 4.78 is 43.6. The van der Waals surface area contributed by atoms with Gasteiger partial charge in [-0.1, -0.05) is 30.3 Å². The van der Waals surface area contributed by atoms with Crippen molar-refractivity contribution in [2.45, 2.75) is 11.0 Å². The summed E-state index contributed by atoms with van der Waals surface area (Å²) in [7, 11) is -0.650. The Balaban J connectivity index is 1.87. The summed E-state index contributed by atoms with van der Waals surface area (Å²) >= 11 is 0. The highest BCUT2D eigenvalue weighted by molar-refractivity contribution is 7.89. The summed E-state index contributed by atoms with van der Waals surface area (Å²) in [5.74, 6) is 0.877. The molecule has 0 radical (unpaired) electrons. The maximum atomic E-state index is 13.0. The van der Waals surface area contributed by atoms with Crippen LogP contribution in [0, 0.1) is 0 Å². The lowest BCUT2D eigenvalue weighted by molar-refractivity contribution is -0.00255. The standard InChI is InChI=1S/C18H21NO5S/c1-22-16-9-8-15(12-17(16)23-2)25(20,21)19-10-11-24-18(13-19)14-6-4-3-5-7-14/h3-9,12,18H,10-11,13H2,1-2H3/t18-/m0/s1. The van der Waals surface area contributed by atoms with Crippen molar-refractivity contribution in [1.29, 1.82) is 0 Å². The van der Waals surface area contributed by atoms with Crippen LogP contribution in [0.4, 0.5) is 0 Å². The first-order valence-corrected chi connectivity index (χ1v) is 9.39. The van der Waals surface area contributed by atoms with Gasteiger partial charge in [-0.3, -0.25) is 0 Å². The van der Waals surface area contributed by atoms with Crippen LogP contribution in [-0.2, 0) is 14.8 Å². The maximum absolute atomic E-state index is 13.0. The predicted molar refractivity (Wildman–Crippen MR) is 93.4 cm³/mol. The third kappa shape index (κ3) is 3.63. The molecule has 0 aromatic heterocycles. The number of sulfonamides is 1. The van der Waals surface area contributed by atoms with Crippen molar-refractivity contribution in [3.8, 4) is 11.5 Å². The number of methoxy groups -OCH3 is 2. The normalized spacial score (nSPS) is 18.7. The molecule has 7 heteroatoms. The molecule has 1 atom stereocenters. The molecule has 2 aromatic rings. The van der Waals surface area contributed by atoms with Crippen LogP contribution >= 0.6 is 0 Å². The summed E-state index contributed by atoms with van der Waals surface area (Å²) in [4.78, 5) is 0.180. The Morgan fingerprint density at radius 1 is 1.04 bits per heavy atom. The summed E-state index contributed by atoms with van der Waals surface area (Å²) in [6.45, 7) is 0.951. The van der Waals surface area contributed by atoms with Crippen LogP contribution in [0.15, 0.2) is 53.4 Å². The van der Waals surface area contributed by atoms with E-state index >= 15 is 0 Å². The zero-order valence-electron chi connectivity index (χ0n) is 14.2. The maximum Gasteiger partial charge on any atom is 0.243 e. The van der Waals surface area contributed by atoms with Crippen molar-refractivity contribution in [1.82, 2.24) is 4.31 Å². The van der Waals surface area contributed by atoms with Crippen LogP contribution in [0.1, 0.15) is 11.7 Å². The van der Waals surface area contributed by atoms with Gasteiger partial charge in [-0.05, 0) is 17.7 Å². The largest absolute Gasteiger partial charge is 0.493 e. The molecule has 1 aliphatic rings. The monoisotopic (exact) mass is 363 g/mol. The second-order valence-electron chi connectivity index (χ2n) is 5.65. The van der Waals surface area contributed by atoms with E-state index in [1.807, 2.05) is 30.3 Å². The highest BCUT2D eigenvalue weighted by Gasteiger charge is 2.32. The molecule has 1 aliphatic heterocycles. The van der Waals surface area contributed by atoms with E-state index in [9.17, 15) is 8.42 Å². The molecule has 0 amide bonds. The number of benzene rings is 2. The average Bonchev–Trinajstić information content (AvgIpc) is 2.68. The van der Waals surface area contributed by atoms with Crippen molar-refractivity contribution < 1.29 is 22.6 Å². The van der Waals surface area contributed by atoms with Gasteiger partial charge in [0.15, 0.2) is 11.5 Å². The second-order valence-corrected chi connectivity index (χ2v) is 7.59. The van der Waals surface area contributed by atoms with Gasteiger partial charge >= 0.3 is 0 Å². The molecule has 0 unspecified atom stereocenters. The van der Waals surface area contributed by atoms with E-state index in [2.05, 4.69) is 0 Å². The quantitative estimate of drug-likeness (QED) is 0.816. The van der Waals surface area contributed by atoms with Crippen molar-refractivity contribution in [2.75, 3.05) is 33.9 Å². The molecule has 2 aromatic carbocycles. The van der Waals surface area contributed by atoms with E-state index in [1.54, 1.807) is 6.07 Å². The number of hydrogen-bond donors (Lipinski definition) is 0. The lowest BCUT2D eigenvalue weighted by Gasteiger charge is -2.32. The van der Waals surface area contributed by atoms with Gasteiger partial charge in [-0.2, -0.15) is 4.31 Å². The van der Waals surface area contributed by atoms with Crippen molar-refractivity contribution >= 4 is 10.0 Å². The first-order valence-electron chi connectivity index (χ1n) is 7.95. The first-order chi connectivity index (χ1) is 12.1. The van der Waals surface area contributed by atoms with E-state index in [0.29, 0.717) is 24.7 Å². The Morgan fingerprint density at radius 2 is 1.76 bits per heavy atom. The van der Waals surface area contributed by atoms with Gasteiger partial charge in [0.2, 0.25) is 10.0 Å². The van der Waals surface area contributed by atoms with Crippen LogP contribution < -0.4 is 9.47 Å². The summed E-state index contributed by atoms with van der Waals surface area (Å²) in [5.41, 5.74) is 0.967. The van der Waals surface area contributed by atoms with Crippen LogP contribution in [-0.4, -0.2) is 46.6 Å². The summed E-state index contributed by atoms with van der Waals surface area (Å²) in [6, 6.07) is 14.3. The molecule has 3 rings (SSSR count). The van der Waals surface area contributed by atoms with Gasteiger partial charge in [0.05, 0.1) is 31.8 Å². The van der Waals surface area contributed by atoms with Gasteiger partial charge in [0.25, 0.3) is 0 Å². The van der Waals surface area contributed by atoms with Crippen LogP contribution in [0.5, 0.6) is 11.5 Å². The number of nitrogens with zero attached hydrogens (tertiary/aromatic N) is 1. The molecular weight excluding hydrogens is 342 g/mol. The zero-order valence-corrected chi connectivity index (χ0v) is 15.0. The Morgan fingerprint density at radius 3 is 2.44 bits per heavy atom. The molecule has 6 nitrogen and oxygen atoms in total. The van der Waals surface area contributed by atoms with E-state index in [1.165, 1.54) is 30.7 Å². The lowest BCUT2D eigenvalue weighted by atomic mass is 10.1. The molecule has 0 aliphatic carbocycles. The Labute approximate surface area is 148 Å². The predicted octanol–water partition coefficient (Wildman–Crippen LogP) is 2.47. The minimum Gasteiger partial charge on any atom is -0.493 e. The third-order valence-electron chi connectivity index (χ3n) is 4.19. The smallest absolute Gasteiger partial charge is 0.243 e. The minimum atomic E-state index is -3.64. The van der Waals surface area contributed by atoms with Gasteiger partial charge in [-0.25, -0.2) is 8.42 Å². The highest BCUT2D eigenvalue weighted by atomic mass is 32.2. The van der Waals surface area contributed by atoms with Crippen molar-refractivity contribution in [3.05, 3.63) is 54.1 Å². The molecule has 0 bridgehead atoms. The fourth-order valence-corrected chi connectivity index (χ4v) is 4.28. The Bertz CT molecular complexity index is 823. The van der Waals surface area contributed by atoms with Gasteiger partial charge < -0.3 is 14.2 Å². The SMILES string of the molecule is COc1ccc(S(=O)(=O)N2CCO[C@H](c3ccccc3)C2)cc1OC. The molecular formula is C18H21NO5S. The molecule has 1 heterocycles. The van der Waals surface area contributed by atoms with E-state index in [-0.39, 0.29) is 17.5 Å². The van der Waals surface area contributed by atoms with Crippen molar-refractivity contribution in [2.24, 2.45) is 0 Å². The summed E-state index contributed by atoms with van der Waals surface area (Å²) in [5, 5.41) is 0. The summed E-state index contributed by atoms with van der Waals surface area (Å²) in [6.07, 6.45) is -0.273. The molecule has 0 N–H and O–H groups in total. The van der Waals surface area contributed by atoms with Gasteiger partial charge in [-0.15, -0.1) is 0 Å². The molecule has 134 valence electrons. The third-order valence-corrected chi connectivity index (χ3v) is 6.05. The van der Waals surface area contributed by atoms with Gasteiger partial charge in [0, 0.05) is 19.2 Å². The van der Waals surface area contributed by atoms with E-state index in [0.717, 1.165) is 5.56 Å². The molecule has 25 heavy (non-hydrogen) atoms. The number of hydrogen-bond acceptors (Lipinski definition) is 5. The van der Waals surface area contributed by atoms with Crippen LogP contribution in [0.3, 0.4) is 0 Å². The van der Waals surface area contributed by atoms with Crippen LogP contribution in [0.2, 0.25) is 0 Å². The Kier molecular flexibility index (Phi) is 5.27. The highest BCUT2D eigenvalue weighted by Crippen LogP contribution is 2.32. The van der Waals surface area contributed by atoms with E-state index in [4.69, 9.17) is 14.2 Å². The topological polar surface area (TPSA) is 65.1 Å². The molecule has 1 fully saturated rings. The fraction of sp³-hybridized carbons (Fsp3) is 0.333. The lowest BCUT2D eigenvalue weighted by Crippen LogP contribution is -2.42.